The van der Waals surface area contributed by atoms with Crippen LogP contribution in [0.5, 0.6) is 0 Å². The molecule has 1 heterocycles. The number of amides is 2. The number of rotatable bonds is 4. The monoisotopic (exact) mass is 388 g/mol. The topological polar surface area (TPSA) is 76.0 Å². The number of benzene rings is 2. The van der Waals surface area contributed by atoms with Gasteiger partial charge in [-0.15, -0.1) is 0 Å². The summed E-state index contributed by atoms with van der Waals surface area (Å²) >= 11 is 0. The predicted octanol–water partition coefficient (Wildman–Crippen LogP) is 3.59. The summed E-state index contributed by atoms with van der Waals surface area (Å²) in [5, 5.41) is 10.2. The van der Waals surface area contributed by atoms with Crippen molar-refractivity contribution in [1.29, 1.82) is 0 Å². The van der Waals surface area contributed by atoms with E-state index in [1.54, 1.807) is 13.1 Å². The van der Waals surface area contributed by atoms with Crippen LogP contribution < -0.4 is 10.6 Å². The third-order valence-electron chi connectivity index (χ3n) is 5.40. The Morgan fingerprint density at radius 1 is 1.00 bits per heavy atom. The molecule has 0 unspecified atom stereocenters. The second-order valence-electron chi connectivity index (χ2n) is 7.41. The number of aromatic nitrogens is 2. The maximum atomic E-state index is 13.1. The van der Waals surface area contributed by atoms with Gasteiger partial charge < -0.3 is 10.6 Å². The summed E-state index contributed by atoms with van der Waals surface area (Å²) in [5.74, 6) is -0.515. The van der Waals surface area contributed by atoms with Crippen molar-refractivity contribution in [2.24, 2.45) is 0 Å². The summed E-state index contributed by atoms with van der Waals surface area (Å²) in [6.07, 6.45) is 2.74. The maximum absolute atomic E-state index is 13.1. The molecular weight excluding hydrogens is 364 g/mol. The van der Waals surface area contributed by atoms with Crippen LogP contribution in [0.2, 0.25) is 0 Å². The van der Waals surface area contributed by atoms with E-state index in [-0.39, 0.29) is 11.8 Å². The molecule has 29 heavy (non-hydrogen) atoms. The zero-order chi connectivity index (χ0) is 20.5. The highest BCUT2D eigenvalue weighted by atomic mass is 16.2. The molecule has 3 aromatic rings. The molecule has 2 N–H and O–H groups in total. The summed E-state index contributed by atoms with van der Waals surface area (Å²) in [6.45, 7) is 3.89. The highest BCUT2D eigenvalue weighted by molar-refractivity contribution is 6.09. The summed E-state index contributed by atoms with van der Waals surface area (Å²) in [6, 6.07) is 13.5. The minimum absolute atomic E-state index is 0.228. The van der Waals surface area contributed by atoms with Gasteiger partial charge in [0, 0.05) is 18.3 Å². The van der Waals surface area contributed by atoms with E-state index in [0.29, 0.717) is 16.9 Å². The zero-order valence-electron chi connectivity index (χ0n) is 16.9. The number of carbonyl (C=O) groups is 2. The second-order valence-corrected chi connectivity index (χ2v) is 7.41. The number of hydrogen-bond donors (Lipinski definition) is 2. The molecule has 1 aliphatic carbocycles. The number of fused-ring (bicyclic) bond motifs is 1. The smallest absolute Gasteiger partial charge is 0.276 e. The van der Waals surface area contributed by atoms with Gasteiger partial charge in [-0.25, -0.2) is 4.68 Å². The Labute approximate surface area is 169 Å². The van der Waals surface area contributed by atoms with Crippen LogP contribution in [0.3, 0.4) is 0 Å². The van der Waals surface area contributed by atoms with E-state index in [2.05, 4.69) is 15.7 Å². The molecule has 2 aromatic carbocycles. The largest absolute Gasteiger partial charge is 0.355 e. The van der Waals surface area contributed by atoms with E-state index >= 15 is 0 Å². The van der Waals surface area contributed by atoms with Crippen LogP contribution in [0.25, 0.3) is 5.69 Å². The van der Waals surface area contributed by atoms with Crippen molar-refractivity contribution in [1.82, 2.24) is 15.1 Å². The van der Waals surface area contributed by atoms with Gasteiger partial charge in [-0.3, -0.25) is 9.59 Å². The summed E-state index contributed by atoms with van der Waals surface area (Å²) in [4.78, 5) is 25.4. The molecule has 1 aliphatic rings. The first-order valence-corrected chi connectivity index (χ1v) is 9.80. The van der Waals surface area contributed by atoms with Crippen molar-refractivity contribution in [3.05, 3.63) is 76.1 Å². The Kier molecular flexibility index (Phi) is 4.92. The van der Waals surface area contributed by atoms with Gasteiger partial charge in [0.15, 0.2) is 5.69 Å². The van der Waals surface area contributed by atoms with Crippen molar-refractivity contribution >= 4 is 17.5 Å². The first kappa shape index (κ1) is 18.9. The molecule has 0 radical (unpaired) electrons. The molecular formula is C23H24N4O2. The van der Waals surface area contributed by atoms with Gasteiger partial charge in [-0.05, 0) is 56.9 Å². The second kappa shape index (κ2) is 7.54. The van der Waals surface area contributed by atoms with Crippen LogP contribution in [0.15, 0.2) is 42.5 Å². The van der Waals surface area contributed by atoms with Crippen LogP contribution in [-0.4, -0.2) is 28.6 Å². The molecule has 1 aromatic heterocycles. The summed E-state index contributed by atoms with van der Waals surface area (Å²) in [5.41, 5.74) is 6.42. The average molecular weight is 388 g/mol. The normalized spacial score (nSPS) is 12.5. The Bertz CT molecular complexity index is 1100. The van der Waals surface area contributed by atoms with Crippen LogP contribution in [0.1, 0.15) is 49.7 Å². The van der Waals surface area contributed by atoms with Crippen LogP contribution in [0.4, 0.5) is 5.69 Å². The Balaban J connectivity index is 1.71. The molecule has 0 atom stereocenters. The quantitative estimate of drug-likeness (QED) is 0.717. The van der Waals surface area contributed by atoms with Gasteiger partial charge >= 0.3 is 0 Å². The molecule has 6 heteroatoms. The van der Waals surface area contributed by atoms with Crippen LogP contribution >= 0.6 is 0 Å². The lowest BCUT2D eigenvalue weighted by atomic mass is 10.1. The van der Waals surface area contributed by atoms with E-state index in [4.69, 9.17) is 0 Å². The third-order valence-corrected chi connectivity index (χ3v) is 5.40. The summed E-state index contributed by atoms with van der Waals surface area (Å²) < 4.78 is 1.88. The van der Waals surface area contributed by atoms with Gasteiger partial charge in [-0.1, -0.05) is 29.8 Å². The molecule has 0 bridgehead atoms. The number of hydrogen-bond acceptors (Lipinski definition) is 3. The Morgan fingerprint density at radius 3 is 2.48 bits per heavy atom. The molecule has 0 aliphatic heterocycles. The number of anilines is 1. The highest BCUT2D eigenvalue weighted by Crippen LogP contribution is 2.29. The Hall–Kier alpha value is -3.41. The van der Waals surface area contributed by atoms with Gasteiger partial charge in [0.05, 0.1) is 16.9 Å². The lowest BCUT2D eigenvalue weighted by Gasteiger charge is -2.12. The van der Waals surface area contributed by atoms with E-state index in [0.717, 1.165) is 41.8 Å². The number of nitrogens with zero attached hydrogens (tertiary/aromatic N) is 2. The molecule has 4 rings (SSSR count). The van der Waals surface area contributed by atoms with Crippen molar-refractivity contribution in [3.8, 4) is 5.69 Å². The van der Waals surface area contributed by atoms with Crippen LogP contribution in [0, 0.1) is 13.8 Å². The van der Waals surface area contributed by atoms with Crippen molar-refractivity contribution in [2.75, 3.05) is 12.4 Å². The molecule has 148 valence electrons. The predicted molar refractivity (Wildman–Crippen MR) is 113 cm³/mol. The van der Waals surface area contributed by atoms with Gasteiger partial charge in [0.1, 0.15) is 0 Å². The fourth-order valence-electron chi connectivity index (χ4n) is 3.90. The molecule has 6 nitrogen and oxygen atoms in total. The zero-order valence-corrected chi connectivity index (χ0v) is 16.9. The molecule has 0 saturated heterocycles. The SMILES string of the molecule is CNC(=O)c1c(C)cccc1NC(=O)c1nn(-c2ccc(C)cc2)c2c1CCC2. The van der Waals surface area contributed by atoms with Crippen LogP contribution in [-0.2, 0) is 12.8 Å². The van der Waals surface area contributed by atoms with E-state index in [9.17, 15) is 9.59 Å². The minimum Gasteiger partial charge on any atom is -0.355 e. The standard InChI is InChI=1S/C23H24N4O2/c1-14-10-12-16(13-11-14)27-19-9-5-7-17(19)21(26-27)23(29)25-18-8-4-6-15(2)20(18)22(28)24-3/h4,6,8,10-13H,5,7,9H2,1-3H3,(H,24,28)(H,25,29). The van der Waals surface area contributed by atoms with Gasteiger partial charge in [0.2, 0.25) is 0 Å². The molecule has 0 fully saturated rings. The van der Waals surface area contributed by atoms with E-state index in [1.807, 2.05) is 54.9 Å². The number of carbonyl (C=O) groups excluding carboxylic acids is 2. The average Bonchev–Trinajstić information content (AvgIpc) is 3.31. The summed E-state index contributed by atoms with van der Waals surface area (Å²) in [7, 11) is 1.58. The first-order valence-electron chi connectivity index (χ1n) is 9.80. The fraction of sp³-hybridized carbons (Fsp3) is 0.261. The van der Waals surface area contributed by atoms with E-state index in [1.165, 1.54) is 5.56 Å². The Morgan fingerprint density at radius 2 is 1.76 bits per heavy atom. The number of aryl methyl sites for hydroxylation is 2. The third kappa shape index (κ3) is 3.42. The van der Waals surface area contributed by atoms with Gasteiger partial charge in [-0.2, -0.15) is 5.10 Å². The van der Waals surface area contributed by atoms with Crippen molar-refractivity contribution < 1.29 is 9.59 Å². The maximum Gasteiger partial charge on any atom is 0.276 e. The lowest BCUT2D eigenvalue weighted by Crippen LogP contribution is -2.23. The van der Waals surface area contributed by atoms with E-state index < -0.39 is 0 Å². The first-order chi connectivity index (χ1) is 14.0. The lowest BCUT2D eigenvalue weighted by molar-refractivity contribution is 0.0963. The molecule has 0 saturated carbocycles. The fourth-order valence-corrected chi connectivity index (χ4v) is 3.90. The highest BCUT2D eigenvalue weighted by Gasteiger charge is 2.27. The molecule has 2 amide bonds. The van der Waals surface area contributed by atoms with Gasteiger partial charge in [0.25, 0.3) is 11.8 Å². The number of nitrogens with one attached hydrogen (secondary N) is 2. The molecule has 0 spiro atoms. The van der Waals surface area contributed by atoms with Crippen molar-refractivity contribution in [2.45, 2.75) is 33.1 Å². The minimum atomic E-state index is -0.287. The van der Waals surface area contributed by atoms with Crippen molar-refractivity contribution in [3.63, 3.8) is 0 Å².